The maximum atomic E-state index is 12.5. The molecule has 1 N–H and O–H groups in total. The number of furan rings is 1. The van der Waals surface area contributed by atoms with Crippen LogP contribution in [0.5, 0.6) is 0 Å². The number of carbonyl (C=O) groups is 1. The highest BCUT2D eigenvalue weighted by molar-refractivity contribution is 5.96. The lowest BCUT2D eigenvalue weighted by atomic mass is 10.0. The second-order valence-corrected chi connectivity index (χ2v) is 7.37. The monoisotopic (exact) mass is 389 g/mol. The van der Waals surface area contributed by atoms with E-state index in [1.165, 1.54) is 5.56 Å². The fraction of sp³-hybridized carbons (Fsp3) is 0.250. The second-order valence-electron chi connectivity index (χ2n) is 7.37. The molecule has 0 aliphatic rings. The average molecular weight is 389 g/mol. The average Bonchev–Trinajstić information content (AvgIpc) is 3.08. The van der Waals surface area contributed by atoms with Gasteiger partial charge in [-0.15, -0.1) is 0 Å². The smallest absolute Gasteiger partial charge is 0.340 e. The lowest BCUT2D eigenvalue weighted by molar-refractivity contribution is -0.120. The molecule has 0 bridgehead atoms. The third-order valence-corrected chi connectivity index (χ3v) is 5.32. The molecule has 5 nitrogen and oxygen atoms in total. The molecule has 2 heterocycles. The molecule has 4 aromatic rings. The quantitative estimate of drug-likeness (QED) is 0.391. The van der Waals surface area contributed by atoms with Crippen molar-refractivity contribution in [2.75, 3.05) is 6.54 Å². The van der Waals surface area contributed by atoms with E-state index in [0.29, 0.717) is 23.3 Å². The van der Waals surface area contributed by atoms with Crippen molar-refractivity contribution in [3.05, 3.63) is 81.4 Å². The summed E-state index contributed by atoms with van der Waals surface area (Å²) in [7, 11) is 0. The van der Waals surface area contributed by atoms with Crippen molar-refractivity contribution in [1.29, 1.82) is 0 Å². The molecule has 0 spiro atoms. The van der Waals surface area contributed by atoms with E-state index in [0.717, 1.165) is 34.7 Å². The zero-order chi connectivity index (χ0) is 20.4. The molecule has 0 saturated carbocycles. The first-order valence-electron chi connectivity index (χ1n) is 9.77. The standard InChI is InChI=1S/C24H23NO4/c1-15-14-28-21-13-22-19(11-18(15)21)16(2)20(24(27)29-22)12-23(26)25-10-6-9-17-7-4-3-5-8-17/h3-5,7-8,11,13-14H,6,9-10,12H2,1-2H3,(H,25,26). The van der Waals surface area contributed by atoms with Gasteiger partial charge in [-0.2, -0.15) is 0 Å². The van der Waals surface area contributed by atoms with Crippen LogP contribution in [0.25, 0.3) is 21.9 Å². The Morgan fingerprint density at radius 3 is 2.62 bits per heavy atom. The van der Waals surface area contributed by atoms with E-state index < -0.39 is 5.63 Å². The van der Waals surface area contributed by atoms with Crippen LogP contribution in [0, 0.1) is 13.8 Å². The Morgan fingerprint density at radius 1 is 1.03 bits per heavy atom. The van der Waals surface area contributed by atoms with Crippen molar-refractivity contribution in [2.24, 2.45) is 0 Å². The molecule has 0 fully saturated rings. The molecule has 0 radical (unpaired) electrons. The minimum absolute atomic E-state index is 0.0118. The second kappa shape index (κ2) is 7.95. The lowest BCUT2D eigenvalue weighted by Crippen LogP contribution is -2.28. The first-order valence-corrected chi connectivity index (χ1v) is 9.77. The Labute approximate surface area is 168 Å². The van der Waals surface area contributed by atoms with E-state index >= 15 is 0 Å². The van der Waals surface area contributed by atoms with Crippen LogP contribution in [0.2, 0.25) is 0 Å². The number of hydrogen-bond acceptors (Lipinski definition) is 4. The molecule has 0 unspecified atom stereocenters. The summed E-state index contributed by atoms with van der Waals surface area (Å²) in [5.74, 6) is -0.173. The summed E-state index contributed by atoms with van der Waals surface area (Å²) in [5.41, 5.74) is 4.12. The SMILES string of the molecule is Cc1coc2cc3oc(=O)c(CC(=O)NCCCc4ccccc4)c(C)c3cc12. The van der Waals surface area contributed by atoms with Gasteiger partial charge in [-0.3, -0.25) is 4.79 Å². The maximum absolute atomic E-state index is 12.5. The molecule has 0 atom stereocenters. The first kappa shape index (κ1) is 19.0. The lowest BCUT2D eigenvalue weighted by Gasteiger charge is -2.09. The van der Waals surface area contributed by atoms with Gasteiger partial charge in [-0.25, -0.2) is 4.79 Å². The van der Waals surface area contributed by atoms with Crippen LogP contribution >= 0.6 is 0 Å². The summed E-state index contributed by atoms with van der Waals surface area (Å²) < 4.78 is 11.0. The van der Waals surface area contributed by atoms with Gasteiger partial charge in [0.2, 0.25) is 5.91 Å². The summed E-state index contributed by atoms with van der Waals surface area (Å²) in [6.07, 6.45) is 3.44. The Kier molecular flexibility index (Phi) is 5.21. The number of benzene rings is 2. The van der Waals surface area contributed by atoms with Gasteiger partial charge in [0, 0.05) is 23.4 Å². The summed E-state index contributed by atoms with van der Waals surface area (Å²) in [6, 6.07) is 13.8. The van der Waals surface area contributed by atoms with Crippen molar-refractivity contribution in [1.82, 2.24) is 5.32 Å². The van der Waals surface area contributed by atoms with Gasteiger partial charge in [0.05, 0.1) is 18.2 Å². The number of amides is 1. The third-order valence-electron chi connectivity index (χ3n) is 5.32. The summed E-state index contributed by atoms with van der Waals surface area (Å²) >= 11 is 0. The van der Waals surface area contributed by atoms with Crippen LogP contribution in [-0.2, 0) is 17.6 Å². The van der Waals surface area contributed by atoms with Crippen LogP contribution in [0.3, 0.4) is 0 Å². The molecule has 0 aliphatic carbocycles. The molecular formula is C24H23NO4. The fourth-order valence-electron chi connectivity index (χ4n) is 3.63. The number of rotatable bonds is 6. The maximum Gasteiger partial charge on any atom is 0.340 e. The number of hydrogen-bond donors (Lipinski definition) is 1. The van der Waals surface area contributed by atoms with Gasteiger partial charge >= 0.3 is 5.63 Å². The molecule has 29 heavy (non-hydrogen) atoms. The Morgan fingerprint density at radius 2 is 1.83 bits per heavy atom. The van der Waals surface area contributed by atoms with E-state index in [1.54, 1.807) is 12.3 Å². The van der Waals surface area contributed by atoms with Gasteiger partial charge in [0.1, 0.15) is 11.2 Å². The summed E-state index contributed by atoms with van der Waals surface area (Å²) in [5, 5.41) is 4.71. The molecular weight excluding hydrogens is 366 g/mol. The van der Waals surface area contributed by atoms with Crippen molar-refractivity contribution in [3.63, 3.8) is 0 Å². The van der Waals surface area contributed by atoms with E-state index in [2.05, 4.69) is 17.4 Å². The molecule has 5 heteroatoms. The Hall–Kier alpha value is -3.34. The Bertz CT molecular complexity index is 1230. The normalized spacial score (nSPS) is 11.2. The van der Waals surface area contributed by atoms with Crippen LogP contribution in [-0.4, -0.2) is 12.5 Å². The predicted octanol–water partition coefficient (Wildman–Crippen LogP) is 4.45. The van der Waals surface area contributed by atoms with Crippen LogP contribution in [0.4, 0.5) is 0 Å². The highest BCUT2D eigenvalue weighted by Gasteiger charge is 2.16. The van der Waals surface area contributed by atoms with Crippen LogP contribution in [0.1, 0.15) is 28.7 Å². The highest BCUT2D eigenvalue weighted by Crippen LogP contribution is 2.28. The molecule has 4 rings (SSSR count). The van der Waals surface area contributed by atoms with Crippen LogP contribution in [0.15, 0.2) is 62.4 Å². The molecule has 2 aromatic heterocycles. The Balaban J connectivity index is 1.48. The largest absolute Gasteiger partial charge is 0.464 e. The number of fused-ring (bicyclic) bond motifs is 2. The first-order chi connectivity index (χ1) is 14.0. The molecule has 148 valence electrons. The summed E-state index contributed by atoms with van der Waals surface area (Å²) in [4.78, 5) is 24.9. The number of carbonyl (C=O) groups excluding carboxylic acids is 1. The third kappa shape index (κ3) is 3.94. The van der Waals surface area contributed by atoms with Crippen molar-refractivity contribution < 1.29 is 13.6 Å². The van der Waals surface area contributed by atoms with Crippen LogP contribution < -0.4 is 10.9 Å². The van der Waals surface area contributed by atoms with Crippen molar-refractivity contribution in [2.45, 2.75) is 33.1 Å². The number of aryl methyl sites for hydroxylation is 3. The molecule has 0 aliphatic heterocycles. The predicted molar refractivity (Wildman–Crippen MR) is 113 cm³/mol. The highest BCUT2D eigenvalue weighted by atomic mass is 16.4. The topological polar surface area (TPSA) is 72.5 Å². The van der Waals surface area contributed by atoms with Gasteiger partial charge < -0.3 is 14.2 Å². The van der Waals surface area contributed by atoms with Gasteiger partial charge in [0.25, 0.3) is 0 Å². The summed E-state index contributed by atoms with van der Waals surface area (Å²) in [6.45, 7) is 4.40. The van der Waals surface area contributed by atoms with E-state index in [-0.39, 0.29) is 12.3 Å². The van der Waals surface area contributed by atoms with Crippen molar-refractivity contribution >= 4 is 27.8 Å². The van der Waals surface area contributed by atoms with E-state index in [4.69, 9.17) is 8.83 Å². The number of nitrogens with one attached hydrogen (secondary N) is 1. The zero-order valence-corrected chi connectivity index (χ0v) is 16.6. The fourth-order valence-corrected chi connectivity index (χ4v) is 3.63. The molecule has 0 saturated heterocycles. The van der Waals surface area contributed by atoms with E-state index in [1.807, 2.05) is 38.1 Å². The van der Waals surface area contributed by atoms with Gasteiger partial charge in [0.15, 0.2) is 0 Å². The van der Waals surface area contributed by atoms with Gasteiger partial charge in [-0.05, 0) is 49.4 Å². The minimum atomic E-state index is -0.475. The molecule has 1 amide bonds. The molecule has 2 aromatic carbocycles. The van der Waals surface area contributed by atoms with Gasteiger partial charge in [-0.1, -0.05) is 30.3 Å². The minimum Gasteiger partial charge on any atom is -0.464 e. The van der Waals surface area contributed by atoms with Crippen molar-refractivity contribution in [3.8, 4) is 0 Å². The van der Waals surface area contributed by atoms with E-state index in [9.17, 15) is 9.59 Å². The zero-order valence-electron chi connectivity index (χ0n) is 16.6.